The van der Waals surface area contributed by atoms with Crippen molar-refractivity contribution < 1.29 is 13.3 Å². The van der Waals surface area contributed by atoms with Crippen molar-refractivity contribution in [2.24, 2.45) is 0 Å². The second kappa shape index (κ2) is 6.99. The molecule has 2 aromatic heterocycles. The first kappa shape index (κ1) is 18.6. The fourth-order valence-corrected chi connectivity index (χ4v) is 3.97. The normalized spacial score (nSPS) is 11.5. The number of nitrogens with zero attached hydrogens (tertiary/aromatic N) is 4. The lowest BCUT2D eigenvalue weighted by molar-refractivity contribution is -0.384. The highest BCUT2D eigenvalue weighted by molar-refractivity contribution is 7.92. The van der Waals surface area contributed by atoms with Gasteiger partial charge in [-0.05, 0) is 37.3 Å². The van der Waals surface area contributed by atoms with Gasteiger partial charge in [-0.25, -0.2) is 18.4 Å². The van der Waals surface area contributed by atoms with Crippen LogP contribution in [-0.2, 0) is 10.0 Å². The Morgan fingerprint density at radius 1 is 1.03 bits per heavy atom. The van der Waals surface area contributed by atoms with Crippen LogP contribution < -0.4 is 4.72 Å². The third kappa shape index (κ3) is 3.52. The summed E-state index contributed by atoms with van der Waals surface area (Å²) in [6.45, 7) is 1.86. The zero-order chi connectivity index (χ0) is 20.6. The lowest BCUT2D eigenvalue weighted by Crippen LogP contribution is -2.16. The monoisotopic (exact) mass is 409 g/mol. The van der Waals surface area contributed by atoms with Crippen LogP contribution in [0.5, 0.6) is 0 Å². The molecule has 1 N–H and O–H groups in total. The number of aryl methyl sites for hydroxylation is 1. The van der Waals surface area contributed by atoms with E-state index in [-0.39, 0.29) is 22.3 Å². The number of nitro groups is 1. The number of hydrogen-bond donors (Lipinski definition) is 1. The molecule has 0 bridgehead atoms. The van der Waals surface area contributed by atoms with Crippen molar-refractivity contribution in [3.63, 3.8) is 0 Å². The Morgan fingerprint density at radius 2 is 1.72 bits per heavy atom. The number of non-ortho nitro benzene ring substituents is 1. The first-order valence-electron chi connectivity index (χ1n) is 8.52. The molecule has 2 aromatic carbocycles. The summed E-state index contributed by atoms with van der Waals surface area (Å²) in [7, 11) is -3.89. The van der Waals surface area contributed by atoms with Crippen LogP contribution in [0.25, 0.3) is 16.9 Å². The minimum Gasteiger partial charge on any atom is -0.264 e. The second-order valence-electron chi connectivity index (χ2n) is 6.33. The summed E-state index contributed by atoms with van der Waals surface area (Å²) in [4.78, 5) is 19.1. The Balaban J connectivity index is 1.88. The Bertz CT molecular complexity index is 1320. The highest BCUT2D eigenvalue weighted by Gasteiger charge is 2.21. The fourth-order valence-electron chi connectivity index (χ4n) is 2.93. The van der Waals surface area contributed by atoms with Crippen molar-refractivity contribution in [1.82, 2.24) is 14.5 Å². The summed E-state index contributed by atoms with van der Waals surface area (Å²) in [6, 6.07) is 13.8. The number of nitrogens with one attached hydrogen (secondary N) is 1. The lowest BCUT2D eigenvalue weighted by atomic mass is 10.2. The van der Waals surface area contributed by atoms with Crippen molar-refractivity contribution in [3.05, 3.63) is 82.7 Å². The van der Waals surface area contributed by atoms with Crippen molar-refractivity contribution in [3.8, 4) is 5.95 Å². The maximum atomic E-state index is 12.9. The van der Waals surface area contributed by atoms with Crippen molar-refractivity contribution in [2.45, 2.75) is 11.8 Å². The van der Waals surface area contributed by atoms with Gasteiger partial charge in [0.05, 0.1) is 15.3 Å². The summed E-state index contributed by atoms with van der Waals surface area (Å²) in [5, 5.41) is 11.6. The van der Waals surface area contributed by atoms with E-state index in [1.807, 2.05) is 6.92 Å². The molecule has 9 nitrogen and oxygen atoms in total. The molecule has 10 heteroatoms. The highest BCUT2D eigenvalue weighted by Crippen LogP contribution is 2.30. The number of benzene rings is 2. The van der Waals surface area contributed by atoms with Gasteiger partial charge in [0, 0.05) is 29.9 Å². The third-order valence-corrected chi connectivity index (χ3v) is 5.69. The van der Waals surface area contributed by atoms with Crippen LogP contribution >= 0.6 is 0 Å². The number of sulfonamides is 1. The van der Waals surface area contributed by atoms with Gasteiger partial charge in [0.1, 0.15) is 5.82 Å². The zero-order valence-electron chi connectivity index (χ0n) is 15.2. The molecule has 0 saturated carbocycles. The molecule has 0 fully saturated rings. The molecule has 4 rings (SSSR count). The first-order chi connectivity index (χ1) is 13.8. The van der Waals surface area contributed by atoms with Gasteiger partial charge in [0.2, 0.25) is 5.95 Å². The molecule has 146 valence electrons. The summed E-state index contributed by atoms with van der Waals surface area (Å²) in [6.07, 6.45) is 3.05. The molecular weight excluding hydrogens is 394 g/mol. The van der Waals surface area contributed by atoms with Crippen molar-refractivity contribution >= 4 is 32.4 Å². The average molecular weight is 409 g/mol. The molecule has 0 aliphatic heterocycles. The molecule has 0 atom stereocenters. The van der Waals surface area contributed by atoms with Crippen molar-refractivity contribution in [2.75, 3.05) is 4.72 Å². The van der Waals surface area contributed by atoms with Crippen molar-refractivity contribution in [1.29, 1.82) is 0 Å². The Labute approximate surface area is 165 Å². The molecule has 29 heavy (non-hydrogen) atoms. The summed E-state index contributed by atoms with van der Waals surface area (Å²) in [5.74, 6) is 0.408. The number of rotatable bonds is 5. The van der Waals surface area contributed by atoms with E-state index < -0.39 is 14.9 Å². The number of hydrogen-bond acceptors (Lipinski definition) is 6. The molecule has 0 aliphatic rings. The molecule has 0 radical (unpaired) electrons. The molecule has 0 saturated heterocycles. The predicted octanol–water partition coefficient (Wildman–Crippen LogP) is 3.44. The highest BCUT2D eigenvalue weighted by atomic mass is 32.2. The minimum absolute atomic E-state index is 0.0971. The van der Waals surface area contributed by atoms with Crippen LogP contribution in [0.4, 0.5) is 11.5 Å². The third-order valence-electron chi connectivity index (χ3n) is 4.32. The van der Waals surface area contributed by atoms with Crippen LogP contribution in [0.15, 0.2) is 71.9 Å². The van der Waals surface area contributed by atoms with Gasteiger partial charge in [-0.1, -0.05) is 17.7 Å². The summed E-state index contributed by atoms with van der Waals surface area (Å²) >= 11 is 0. The van der Waals surface area contributed by atoms with Crippen LogP contribution in [0.2, 0.25) is 0 Å². The smallest absolute Gasteiger partial charge is 0.264 e. The van der Waals surface area contributed by atoms with E-state index in [9.17, 15) is 18.5 Å². The summed E-state index contributed by atoms with van der Waals surface area (Å²) in [5.41, 5.74) is 1.36. The maximum absolute atomic E-state index is 12.9. The first-order valence-corrected chi connectivity index (χ1v) is 10.0. The van der Waals surface area contributed by atoms with Gasteiger partial charge >= 0.3 is 0 Å². The Morgan fingerprint density at radius 3 is 2.38 bits per heavy atom. The lowest BCUT2D eigenvalue weighted by Gasteiger charge is -2.11. The minimum atomic E-state index is -3.89. The fraction of sp³-hybridized carbons (Fsp3) is 0.0526. The van der Waals surface area contributed by atoms with Crippen LogP contribution in [-0.4, -0.2) is 27.9 Å². The largest absolute Gasteiger partial charge is 0.270 e. The summed E-state index contributed by atoms with van der Waals surface area (Å²) < 4.78 is 29.8. The van der Waals surface area contributed by atoms with E-state index in [1.54, 1.807) is 18.2 Å². The van der Waals surface area contributed by atoms with Gasteiger partial charge in [0.25, 0.3) is 15.7 Å². The molecular formula is C19H15N5O4S. The van der Waals surface area contributed by atoms with Crippen LogP contribution in [0.3, 0.4) is 0 Å². The average Bonchev–Trinajstić information content (AvgIpc) is 3.05. The van der Waals surface area contributed by atoms with Gasteiger partial charge in [-0.3, -0.25) is 19.4 Å². The van der Waals surface area contributed by atoms with Gasteiger partial charge in [-0.15, -0.1) is 0 Å². The van der Waals surface area contributed by atoms with Gasteiger partial charge in [0.15, 0.2) is 0 Å². The molecule has 0 aliphatic carbocycles. The predicted molar refractivity (Wildman–Crippen MR) is 108 cm³/mol. The van der Waals surface area contributed by atoms with Crippen LogP contribution in [0, 0.1) is 17.0 Å². The Kier molecular flexibility index (Phi) is 4.47. The molecule has 2 heterocycles. The van der Waals surface area contributed by atoms with E-state index in [1.165, 1.54) is 53.4 Å². The van der Waals surface area contributed by atoms with E-state index in [4.69, 9.17) is 0 Å². The van der Waals surface area contributed by atoms with E-state index >= 15 is 0 Å². The number of aromatic nitrogens is 3. The maximum Gasteiger partial charge on any atom is 0.270 e. The van der Waals surface area contributed by atoms with E-state index in [0.717, 1.165) is 5.56 Å². The second-order valence-corrected chi connectivity index (χ2v) is 8.01. The van der Waals surface area contributed by atoms with E-state index in [2.05, 4.69) is 14.7 Å². The van der Waals surface area contributed by atoms with E-state index in [0.29, 0.717) is 10.9 Å². The SMILES string of the molecule is Cc1ccc(S(=O)(=O)Nc2cc3cc([N+](=O)[O-])ccc3n2-c2ncccn2)cc1. The number of fused-ring (bicyclic) bond motifs is 1. The quantitative estimate of drug-likeness (QED) is 0.398. The molecule has 0 amide bonds. The van der Waals surface area contributed by atoms with Gasteiger partial charge in [-0.2, -0.15) is 0 Å². The topological polar surface area (TPSA) is 120 Å². The standard InChI is InChI=1S/C19H15N5O4S/c1-13-3-6-16(7-4-13)29(27,28)22-18-12-14-11-15(24(25)26)5-8-17(14)23(18)19-20-9-2-10-21-19/h2-12,22H,1H3. The number of nitro benzene ring substituents is 1. The molecule has 0 spiro atoms. The Hall–Kier alpha value is -3.79. The zero-order valence-corrected chi connectivity index (χ0v) is 16.0. The molecule has 0 unspecified atom stereocenters. The van der Waals surface area contributed by atoms with Gasteiger partial charge < -0.3 is 0 Å². The number of anilines is 1. The molecule has 4 aromatic rings. The van der Waals surface area contributed by atoms with Crippen LogP contribution in [0.1, 0.15) is 5.56 Å².